The van der Waals surface area contributed by atoms with Gasteiger partial charge < -0.3 is 10.0 Å². The normalized spacial score (nSPS) is 18.5. The van der Waals surface area contributed by atoms with Crippen molar-refractivity contribution < 1.29 is 9.90 Å². The summed E-state index contributed by atoms with van der Waals surface area (Å²) >= 11 is 1.60. The van der Waals surface area contributed by atoms with Crippen LogP contribution in [0.1, 0.15) is 16.5 Å². The molecule has 3 rings (SSSR count). The van der Waals surface area contributed by atoms with Crippen molar-refractivity contribution in [3.05, 3.63) is 65.7 Å². The minimum Gasteiger partial charge on any atom is -0.508 e. The summed E-state index contributed by atoms with van der Waals surface area (Å²) < 4.78 is 0. The Kier molecular flexibility index (Phi) is 3.65. The second kappa shape index (κ2) is 5.59. The van der Waals surface area contributed by atoms with Gasteiger partial charge >= 0.3 is 0 Å². The zero-order valence-corrected chi connectivity index (χ0v) is 11.7. The number of phenolic OH excluding ortho intramolecular Hbond substituents is 1. The van der Waals surface area contributed by atoms with Gasteiger partial charge in [-0.05, 0) is 23.3 Å². The van der Waals surface area contributed by atoms with Crippen LogP contribution in [0.5, 0.6) is 5.75 Å². The van der Waals surface area contributed by atoms with Crippen molar-refractivity contribution in [3.63, 3.8) is 0 Å². The number of amides is 1. The molecule has 3 nitrogen and oxygen atoms in total. The molecular weight excluding hydrogens is 270 g/mol. The number of carbonyl (C=O) groups excluding carboxylic acids is 1. The Bertz CT molecular complexity index is 615. The average Bonchev–Trinajstić information content (AvgIpc) is 2.82. The van der Waals surface area contributed by atoms with Gasteiger partial charge in [0.05, 0.1) is 5.75 Å². The molecule has 1 saturated heterocycles. The zero-order chi connectivity index (χ0) is 13.9. The molecule has 0 unspecified atom stereocenters. The molecule has 0 saturated carbocycles. The molecule has 102 valence electrons. The highest BCUT2D eigenvalue weighted by molar-refractivity contribution is 8.00. The molecule has 1 heterocycles. The average molecular weight is 285 g/mol. The molecule has 2 aromatic carbocycles. The van der Waals surface area contributed by atoms with Gasteiger partial charge in [-0.2, -0.15) is 0 Å². The van der Waals surface area contributed by atoms with E-state index in [0.29, 0.717) is 12.3 Å². The summed E-state index contributed by atoms with van der Waals surface area (Å²) in [5, 5.41) is 9.58. The molecule has 0 aliphatic carbocycles. The van der Waals surface area contributed by atoms with Gasteiger partial charge in [0.25, 0.3) is 0 Å². The number of nitrogens with zero attached hydrogens (tertiary/aromatic N) is 1. The topological polar surface area (TPSA) is 40.5 Å². The first kappa shape index (κ1) is 13.1. The van der Waals surface area contributed by atoms with Crippen LogP contribution < -0.4 is 0 Å². The third-order valence-corrected chi connectivity index (χ3v) is 4.58. The van der Waals surface area contributed by atoms with Crippen LogP contribution in [0.3, 0.4) is 0 Å². The number of carbonyl (C=O) groups is 1. The molecule has 1 aliphatic heterocycles. The smallest absolute Gasteiger partial charge is 0.234 e. The number of rotatable bonds is 3. The lowest BCUT2D eigenvalue weighted by Crippen LogP contribution is -2.27. The van der Waals surface area contributed by atoms with Crippen molar-refractivity contribution in [2.45, 2.75) is 11.9 Å². The molecule has 0 bridgehead atoms. The van der Waals surface area contributed by atoms with Crippen molar-refractivity contribution in [1.29, 1.82) is 0 Å². The van der Waals surface area contributed by atoms with Gasteiger partial charge in [0.1, 0.15) is 11.1 Å². The highest BCUT2D eigenvalue weighted by Crippen LogP contribution is 2.40. The van der Waals surface area contributed by atoms with E-state index >= 15 is 0 Å². The van der Waals surface area contributed by atoms with Crippen molar-refractivity contribution in [3.8, 4) is 5.75 Å². The Morgan fingerprint density at radius 1 is 1.15 bits per heavy atom. The van der Waals surface area contributed by atoms with E-state index in [0.717, 1.165) is 11.1 Å². The molecule has 0 spiro atoms. The van der Waals surface area contributed by atoms with Crippen molar-refractivity contribution in [1.82, 2.24) is 4.90 Å². The molecular formula is C16H15NO2S. The molecule has 2 aromatic rings. The van der Waals surface area contributed by atoms with Crippen LogP contribution in [0.2, 0.25) is 0 Å². The maximum atomic E-state index is 12.1. The lowest BCUT2D eigenvalue weighted by Gasteiger charge is -2.24. The first-order valence-electron chi connectivity index (χ1n) is 6.48. The van der Waals surface area contributed by atoms with Gasteiger partial charge in [0.15, 0.2) is 0 Å². The quantitative estimate of drug-likeness (QED) is 0.941. The Hall–Kier alpha value is -1.94. The Labute approximate surface area is 122 Å². The predicted octanol–water partition coefficient (Wildman–Crippen LogP) is 3.17. The Morgan fingerprint density at radius 3 is 2.70 bits per heavy atom. The minimum absolute atomic E-state index is 0.0187. The molecule has 4 heteroatoms. The van der Waals surface area contributed by atoms with E-state index in [1.165, 1.54) is 0 Å². The standard InChI is InChI=1S/C16H15NO2S/c18-14-8-4-7-13(9-14)16-17(15(19)11-20-16)10-12-5-2-1-3-6-12/h1-9,16,18H,10-11H2/t16-/m1/s1. The number of benzene rings is 2. The maximum absolute atomic E-state index is 12.1. The molecule has 20 heavy (non-hydrogen) atoms. The Morgan fingerprint density at radius 2 is 1.95 bits per heavy atom. The molecule has 1 N–H and O–H groups in total. The summed E-state index contributed by atoms with van der Waals surface area (Å²) in [5.41, 5.74) is 2.09. The van der Waals surface area contributed by atoms with Gasteiger partial charge in [-0.25, -0.2) is 0 Å². The van der Waals surface area contributed by atoms with Crippen molar-refractivity contribution >= 4 is 17.7 Å². The number of thioether (sulfide) groups is 1. The molecule has 0 aromatic heterocycles. The number of phenols is 1. The van der Waals surface area contributed by atoms with Gasteiger partial charge in [-0.3, -0.25) is 4.79 Å². The summed E-state index contributed by atoms with van der Waals surface area (Å²) in [4.78, 5) is 14.0. The summed E-state index contributed by atoms with van der Waals surface area (Å²) in [6, 6.07) is 17.1. The van der Waals surface area contributed by atoms with Gasteiger partial charge in [-0.1, -0.05) is 42.5 Å². The second-order valence-corrected chi connectivity index (χ2v) is 5.83. The van der Waals surface area contributed by atoms with E-state index in [2.05, 4.69) is 0 Å². The number of hydrogen-bond donors (Lipinski definition) is 1. The summed E-state index contributed by atoms with van der Waals surface area (Å²) in [6.07, 6.45) is 0. The van der Waals surface area contributed by atoms with E-state index in [-0.39, 0.29) is 17.0 Å². The molecule has 1 fully saturated rings. The van der Waals surface area contributed by atoms with Crippen LogP contribution in [-0.2, 0) is 11.3 Å². The molecule has 0 radical (unpaired) electrons. The molecule has 1 amide bonds. The minimum atomic E-state index is -0.0187. The lowest BCUT2D eigenvalue weighted by atomic mass is 10.1. The fourth-order valence-corrected chi connectivity index (χ4v) is 3.54. The fraction of sp³-hybridized carbons (Fsp3) is 0.188. The van der Waals surface area contributed by atoms with Crippen LogP contribution in [-0.4, -0.2) is 21.7 Å². The monoisotopic (exact) mass is 285 g/mol. The van der Waals surface area contributed by atoms with Crippen LogP contribution in [0.15, 0.2) is 54.6 Å². The third kappa shape index (κ3) is 2.65. The number of aromatic hydroxyl groups is 1. The van der Waals surface area contributed by atoms with Gasteiger partial charge in [-0.15, -0.1) is 11.8 Å². The highest BCUT2D eigenvalue weighted by atomic mass is 32.2. The van der Waals surface area contributed by atoms with Crippen LogP contribution in [0, 0.1) is 0 Å². The highest BCUT2D eigenvalue weighted by Gasteiger charge is 2.32. The first-order valence-corrected chi connectivity index (χ1v) is 7.53. The van der Waals surface area contributed by atoms with Gasteiger partial charge in [0.2, 0.25) is 5.91 Å². The molecule has 1 aliphatic rings. The van der Waals surface area contributed by atoms with Crippen LogP contribution in [0.25, 0.3) is 0 Å². The SMILES string of the molecule is O=C1CS[C@H](c2cccc(O)c2)N1Cc1ccccc1. The van der Waals surface area contributed by atoms with E-state index in [9.17, 15) is 9.90 Å². The first-order chi connectivity index (χ1) is 9.74. The van der Waals surface area contributed by atoms with Crippen molar-refractivity contribution in [2.24, 2.45) is 0 Å². The fourth-order valence-electron chi connectivity index (χ4n) is 2.36. The zero-order valence-electron chi connectivity index (χ0n) is 10.9. The summed E-state index contributed by atoms with van der Waals surface area (Å²) in [6.45, 7) is 0.604. The molecule has 1 atom stereocenters. The van der Waals surface area contributed by atoms with Crippen molar-refractivity contribution in [2.75, 3.05) is 5.75 Å². The summed E-state index contributed by atoms with van der Waals surface area (Å²) in [5.74, 6) is 0.877. The van der Waals surface area contributed by atoms with Crippen LogP contribution >= 0.6 is 11.8 Å². The van der Waals surface area contributed by atoms with E-state index in [4.69, 9.17) is 0 Å². The number of hydrogen-bond acceptors (Lipinski definition) is 3. The Balaban J connectivity index is 1.85. The van der Waals surface area contributed by atoms with E-state index in [1.807, 2.05) is 47.4 Å². The largest absolute Gasteiger partial charge is 0.508 e. The third-order valence-electron chi connectivity index (χ3n) is 3.32. The van der Waals surface area contributed by atoms with Crippen LogP contribution in [0.4, 0.5) is 0 Å². The predicted molar refractivity (Wildman–Crippen MR) is 80.3 cm³/mol. The van der Waals surface area contributed by atoms with E-state index in [1.54, 1.807) is 23.9 Å². The summed E-state index contributed by atoms with van der Waals surface area (Å²) in [7, 11) is 0. The second-order valence-electron chi connectivity index (χ2n) is 4.77. The van der Waals surface area contributed by atoms with E-state index < -0.39 is 0 Å². The maximum Gasteiger partial charge on any atom is 0.234 e. The lowest BCUT2D eigenvalue weighted by molar-refractivity contribution is -0.128. The van der Waals surface area contributed by atoms with Gasteiger partial charge in [0, 0.05) is 6.54 Å².